The molecule has 0 aliphatic carbocycles. The second-order valence-electron chi connectivity index (χ2n) is 4.06. The number of benzene rings is 2. The summed E-state index contributed by atoms with van der Waals surface area (Å²) in [5.74, 6) is 0.258. The fourth-order valence-electron chi connectivity index (χ4n) is 2.01. The Bertz CT molecular complexity index is 666. The number of carbonyl (C=O) groups is 1. The number of rotatable bonds is 2. The standard InChI is InChI=1S/C14H9ClO4/c15-9-2-3-10(11(6-9)14(16)17)8-1-4-12-13(5-8)19-7-18-12/h1-6H,7H2,(H,16,17). The molecule has 0 unspecified atom stereocenters. The van der Waals surface area contributed by atoms with Crippen LogP contribution in [0.3, 0.4) is 0 Å². The van der Waals surface area contributed by atoms with Crippen LogP contribution in [-0.4, -0.2) is 17.9 Å². The Kier molecular flexibility index (Phi) is 2.80. The minimum absolute atomic E-state index is 0.159. The molecule has 2 aromatic carbocycles. The molecule has 2 aromatic rings. The molecular formula is C14H9ClO4. The predicted molar refractivity (Wildman–Crippen MR) is 70.0 cm³/mol. The molecule has 0 aromatic heterocycles. The molecule has 1 N–H and O–H groups in total. The maximum absolute atomic E-state index is 11.3. The molecule has 0 radical (unpaired) electrons. The second kappa shape index (κ2) is 4.48. The van der Waals surface area contributed by atoms with Gasteiger partial charge in [0.15, 0.2) is 11.5 Å². The summed E-state index contributed by atoms with van der Waals surface area (Å²) >= 11 is 5.83. The Morgan fingerprint density at radius 3 is 2.68 bits per heavy atom. The molecule has 4 nitrogen and oxygen atoms in total. The van der Waals surface area contributed by atoms with E-state index in [9.17, 15) is 9.90 Å². The first-order chi connectivity index (χ1) is 9.15. The summed E-state index contributed by atoms with van der Waals surface area (Å²) in [6, 6.07) is 10.1. The first kappa shape index (κ1) is 11.9. The van der Waals surface area contributed by atoms with Crippen LogP contribution < -0.4 is 9.47 Å². The SMILES string of the molecule is O=C(O)c1cc(Cl)ccc1-c1ccc2c(c1)OCO2. The minimum atomic E-state index is -1.02. The van der Waals surface area contributed by atoms with Crippen molar-refractivity contribution in [2.75, 3.05) is 6.79 Å². The molecule has 0 atom stereocenters. The Hall–Kier alpha value is -2.20. The molecule has 1 aliphatic heterocycles. The van der Waals surface area contributed by atoms with Gasteiger partial charge in [-0.25, -0.2) is 4.79 Å². The van der Waals surface area contributed by atoms with E-state index in [1.165, 1.54) is 6.07 Å². The molecule has 0 bridgehead atoms. The van der Waals surface area contributed by atoms with Crippen molar-refractivity contribution in [2.24, 2.45) is 0 Å². The molecule has 0 saturated carbocycles. The van der Waals surface area contributed by atoms with Gasteiger partial charge in [0.1, 0.15) is 0 Å². The number of halogens is 1. The summed E-state index contributed by atoms with van der Waals surface area (Å²) in [6.45, 7) is 0.186. The van der Waals surface area contributed by atoms with Crippen LogP contribution in [0.1, 0.15) is 10.4 Å². The van der Waals surface area contributed by atoms with Gasteiger partial charge in [-0.1, -0.05) is 23.7 Å². The Labute approximate surface area is 114 Å². The van der Waals surface area contributed by atoms with Crippen LogP contribution in [0, 0.1) is 0 Å². The molecule has 1 heterocycles. The third-order valence-electron chi connectivity index (χ3n) is 2.90. The Balaban J connectivity index is 2.14. The molecule has 5 heteroatoms. The fraction of sp³-hybridized carbons (Fsp3) is 0.0714. The van der Waals surface area contributed by atoms with Gasteiger partial charge < -0.3 is 14.6 Å². The number of hydrogen-bond donors (Lipinski definition) is 1. The van der Waals surface area contributed by atoms with Gasteiger partial charge in [-0.05, 0) is 35.4 Å². The summed E-state index contributed by atoms with van der Waals surface area (Å²) in [5.41, 5.74) is 1.50. The van der Waals surface area contributed by atoms with Gasteiger partial charge in [0.05, 0.1) is 5.56 Å². The number of fused-ring (bicyclic) bond motifs is 1. The highest BCUT2D eigenvalue weighted by Gasteiger charge is 2.17. The van der Waals surface area contributed by atoms with E-state index >= 15 is 0 Å². The first-order valence-corrected chi connectivity index (χ1v) is 5.96. The van der Waals surface area contributed by atoms with E-state index in [0.29, 0.717) is 22.1 Å². The van der Waals surface area contributed by atoms with Crippen LogP contribution in [0.5, 0.6) is 11.5 Å². The average molecular weight is 277 g/mol. The van der Waals surface area contributed by atoms with E-state index in [0.717, 1.165) is 5.56 Å². The summed E-state index contributed by atoms with van der Waals surface area (Å²) in [7, 11) is 0. The number of aromatic carboxylic acids is 1. The highest BCUT2D eigenvalue weighted by atomic mass is 35.5. The molecule has 19 heavy (non-hydrogen) atoms. The van der Waals surface area contributed by atoms with Crippen LogP contribution in [0.2, 0.25) is 5.02 Å². The summed E-state index contributed by atoms with van der Waals surface area (Å²) < 4.78 is 10.5. The average Bonchev–Trinajstić information content (AvgIpc) is 2.85. The van der Waals surface area contributed by atoms with Gasteiger partial charge in [0, 0.05) is 5.02 Å². The van der Waals surface area contributed by atoms with E-state index in [2.05, 4.69) is 0 Å². The zero-order valence-electron chi connectivity index (χ0n) is 9.72. The van der Waals surface area contributed by atoms with Crippen LogP contribution >= 0.6 is 11.6 Å². The quantitative estimate of drug-likeness (QED) is 0.913. The highest BCUT2D eigenvalue weighted by molar-refractivity contribution is 6.31. The summed E-state index contributed by atoms with van der Waals surface area (Å²) in [5, 5.41) is 9.62. The smallest absolute Gasteiger partial charge is 0.336 e. The van der Waals surface area contributed by atoms with E-state index in [1.54, 1.807) is 30.3 Å². The van der Waals surface area contributed by atoms with E-state index < -0.39 is 5.97 Å². The van der Waals surface area contributed by atoms with Crippen molar-refractivity contribution < 1.29 is 19.4 Å². The second-order valence-corrected chi connectivity index (χ2v) is 4.50. The molecule has 0 saturated heterocycles. The topological polar surface area (TPSA) is 55.8 Å². The van der Waals surface area contributed by atoms with Crippen molar-refractivity contribution in [1.82, 2.24) is 0 Å². The highest BCUT2D eigenvalue weighted by Crippen LogP contribution is 2.37. The first-order valence-electron chi connectivity index (χ1n) is 5.58. The van der Waals surface area contributed by atoms with Crippen molar-refractivity contribution in [3.05, 3.63) is 47.0 Å². The van der Waals surface area contributed by atoms with Gasteiger partial charge in [0.25, 0.3) is 0 Å². The maximum atomic E-state index is 11.3. The number of carboxylic acid groups (broad SMARTS) is 1. The summed E-state index contributed by atoms with van der Waals surface area (Å²) in [4.78, 5) is 11.3. The lowest BCUT2D eigenvalue weighted by Gasteiger charge is -2.07. The maximum Gasteiger partial charge on any atom is 0.336 e. The molecule has 0 fully saturated rings. The lowest BCUT2D eigenvalue weighted by Crippen LogP contribution is -1.99. The van der Waals surface area contributed by atoms with Gasteiger partial charge in [-0.15, -0.1) is 0 Å². The van der Waals surface area contributed by atoms with Crippen molar-refractivity contribution in [3.8, 4) is 22.6 Å². The molecule has 0 amide bonds. The lowest BCUT2D eigenvalue weighted by molar-refractivity contribution is 0.0697. The zero-order valence-corrected chi connectivity index (χ0v) is 10.5. The molecular weight excluding hydrogens is 268 g/mol. The molecule has 96 valence electrons. The van der Waals surface area contributed by atoms with Gasteiger partial charge in [-0.2, -0.15) is 0 Å². The van der Waals surface area contributed by atoms with E-state index in [1.807, 2.05) is 0 Å². The number of hydrogen-bond acceptors (Lipinski definition) is 3. The van der Waals surface area contributed by atoms with Crippen molar-refractivity contribution in [1.29, 1.82) is 0 Å². The molecule has 1 aliphatic rings. The third kappa shape index (κ3) is 2.11. The van der Waals surface area contributed by atoms with Crippen LogP contribution in [0.15, 0.2) is 36.4 Å². The molecule has 0 spiro atoms. The largest absolute Gasteiger partial charge is 0.478 e. The van der Waals surface area contributed by atoms with E-state index in [4.69, 9.17) is 21.1 Å². The predicted octanol–water partition coefficient (Wildman–Crippen LogP) is 3.43. The van der Waals surface area contributed by atoms with Crippen molar-refractivity contribution in [3.63, 3.8) is 0 Å². The Morgan fingerprint density at radius 1 is 1.11 bits per heavy atom. The zero-order chi connectivity index (χ0) is 13.4. The fourth-order valence-corrected chi connectivity index (χ4v) is 2.18. The normalized spacial score (nSPS) is 12.5. The van der Waals surface area contributed by atoms with Gasteiger partial charge in [-0.3, -0.25) is 0 Å². The molecule has 3 rings (SSSR count). The summed E-state index contributed by atoms with van der Waals surface area (Å²) in [6.07, 6.45) is 0. The number of ether oxygens (including phenoxy) is 2. The van der Waals surface area contributed by atoms with Crippen molar-refractivity contribution in [2.45, 2.75) is 0 Å². The minimum Gasteiger partial charge on any atom is -0.478 e. The number of carboxylic acids is 1. The third-order valence-corrected chi connectivity index (χ3v) is 3.13. The van der Waals surface area contributed by atoms with Crippen LogP contribution in [0.25, 0.3) is 11.1 Å². The van der Waals surface area contributed by atoms with Crippen molar-refractivity contribution >= 4 is 17.6 Å². The van der Waals surface area contributed by atoms with Gasteiger partial charge in [0.2, 0.25) is 6.79 Å². The Morgan fingerprint density at radius 2 is 1.89 bits per heavy atom. The van der Waals surface area contributed by atoms with Crippen LogP contribution in [-0.2, 0) is 0 Å². The van der Waals surface area contributed by atoms with Crippen LogP contribution in [0.4, 0.5) is 0 Å². The monoisotopic (exact) mass is 276 g/mol. The van der Waals surface area contributed by atoms with E-state index in [-0.39, 0.29) is 12.4 Å². The lowest BCUT2D eigenvalue weighted by atomic mass is 9.99. The van der Waals surface area contributed by atoms with Gasteiger partial charge >= 0.3 is 5.97 Å².